The average molecular weight is 285 g/mol. The molecule has 0 spiro atoms. The van der Waals surface area contributed by atoms with Gasteiger partial charge < -0.3 is 10.3 Å². The zero-order chi connectivity index (χ0) is 14.1. The van der Waals surface area contributed by atoms with Gasteiger partial charge in [-0.05, 0) is 42.8 Å². The predicted molar refractivity (Wildman–Crippen MR) is 82.4 cm³/mol. The van der Waals surface area contributed by atoms with Crippen LogP contribution in [0.2, 0.25) is 5.02 Å². The summed E-state index contributed by atoms with van der Waals surface area (Å²) in [5.74, 6) is -0.136. The van der Waals surface area contributed by atoms with E-state index in [1.165, 1.54) is 0 Å². The highest BCUT2D eigenvalue weighted by Gasteiger charge is 2.11. The normalized spacial score (nSPS) is 10.7. The van der Waals surface area contributed by atoms with Crippen LogP contribution >= 0.6 is 11.6 Å². The molecule has 0 saturated heterocycles. The number of nitrogens with one attached hydrogen (secondary N) is 2. The van der Waals surface area contributed by atoms with Crippen LogP contribution in [-0.4, -0.2) is 10.9 Å². The van der Waals surface area contributed by atoms with Crippen molar-refractivity contribution in [1.29, 1.82) is 0 Å². The molecule has 0 fully saturated rings. The Bertz CT molecular complexity index is 792. The largest absolute Gasteiger partial charge is 0.361 e. The number of aryl methyl sites for hydroxylation is 1. The molecule has 20 heavy (non-hydrogen) atoms. The number of aromatic amines is 1. The Balaban J connectivity index is 1.95. The number of aromatic nitrogens is 1. The van der Waals surface area contributed by atoms with Gasteiger partial charge in [0, 0.05) is 22.3 Å². The number of halogens is 1. The molecule has 0 saturated carbocycles. The first-order valence-electron chi connectivity index (χ1n) is 6.29. The lowest BCUT2D eigenvalue weighted by molar-refractivity contribution is 0.102. The van der Waals surface area contributed by atoms with Gasteiger partial charge in [0.25, 0.3) is 5.91 Å². The van der Waals surface area contributed by atoms with Gasteiger partial charge in [-0.1, -0.05) is 23.7 Å². The SMILES string of the molecule is Cc1cc(Cl)ccc1NC(=O)c1cccc2cc[nH]c12. The van der Waals surface area contributed by atoms with Gasteiger partial charge in [-0.3, -0.25) is 4.79 Å². The molecule has 3 aromatic rings. The van der Waals surface area contributed by atoms with Crippen molar-refractivity contribution in [2.24, 2.45) is 0 Å². The summed E-state index contributed by atoms with van der Waals surface area (Å²) in [6.45, 7) is 1.91. The summed E-state index contributed by atoms with van der Waals surface area (Å²) in [6, 6.07) is 13.0. The van der Waals surface area contributed by atoms with Crippen molar-refractivity contribution < 1.29 is 4.79 Å². The van der Waals surface area contributed by atoms with Crippen molar-refractivity contribution in [3.05, 3.63) is 64.8 Å². The van der Waals surface area contributed by atoms with Gasteiger partial charge in [0.15, 0.2) is 0 Å². The van der Waals surface area contributed by atoms with Crippen LogP contribution in [0.1, 0.15) is 15.9 Å². The second kappa shape index (κ2) is 5.02. The Labute approximate surface area is 121 Å². The van der Waals surface area contributed by atoms with E-state index >= 15 is 0 Å². The third-order valence-electron chi connectivity index (χ3n) is 3.27. The summed E-state index contributed by atoms with van der Waals surface area (Å²) >= 11 is 5.92. The molecule has 0 aliphatic rings. The molecule has 0 atom stereocenters. The monoisotopic (exact) mass is 284 g/mol. The molecule has 1 aromatic heterocycles. The highest BCUT2D eigenvalue weighted by molar-refractivity contribution is 6.30. The molecule has 4 heteroatoms. The van der Waals surface area contributed by atoms with E-state index < -0.39 is 0 Å². The van der Waals surface area contributed by atoms with Crippen molar-refractivity contribution in [1.82, 2.24) is 4.98 Å². The molecule has 3 rings (SSSR count). The van der Waals surface area contributed by atoms with Crippen LogP contribution in [0.3, 0.4) is 0 Å². The number of hydrogen-bond donors (Lipinski definition) is 2. The van der Waals surface area contributed by atoms with E-state index in [0.29, 0.717) is 10.6 Å². The molecule has 0 aliphatic carbocycles. The summed E-state index contributed by atoms with van der Waals surface area (Å²) in [4.78, 5) is 15.5. The van der Waals surface area contributed by atoms with E-state index in [4.69, 9.17) is 11.6 Å². The van der Waals surface area contributed by atoms with E-state index in [-0.39, 0.29) is 5.91 Å². The second-order valence-electron chi connectivity index (χ2n) is 4.66. The highest BCUT2D eigenvalue weighted by atomic mass is 35.5. The molecular formula is C16H13ClN2O. The Morgan fingerprint density at radius 3 is 2.85 bits per heavy atom. The minimum atomic E-state index is -0.136. The van der Waals surface area contributed by atoms with E-state index in [1.807, 2.05) is 43.5 Å². The molecule has 1 heterocycles. The van der Waals surface area contributed by atoms with Crippen molar-refractivity contribution in [2.45, 2.75) is 6.92 Å². The Hall–Kier alpha value is -2.26. The Morgan fingerprint density at radius 1 is 1.20 bits per heavy atom. The topological polar surface area (TPSA) is 44.9 Å². The van der Waals surface area contributed by atoms with Gasteiger partial charge in [0.2, 0.25) is 0 Å². The second-order valence-corrected chi connectivity index (χ2v) is 5.10. The van der Waals surface area contributed by atoms with Crippen molar-refractivity contribution in [3.63, 3.8) is 0 Å². The lowest BCUT2D eigenvalue weighted by Crippen LogP contribution is -2.13. The number of amides is 1. The maximum Gasteiger partial charge on any atom is 0.257 e. The van der Waals surface area contributed by atoms with Crippen molar-refractivity contribution in [2.75, 3.05) is 5.32 Å². The zero-order valence-electron chi connectivity index (χ0n) is 10.9. The number of carbonyl (C=O) groups excluding carboxylic acids is 1. The van der Waals surface area contributed by atoms with Crippen molar-refractivity contribution >= 4 is 34.1 Å². The molecule has 100 valence electrons. The van der Waals surface area contributed by atoms with Crippen molar-refractivity contribution in [3.8, 4) is 0 Å². The lowest BCUT2D eigenvalue weighted by atomic mass is 10.1. The minimum Gasteiger partial charge on any atom is -0.361 e. The summed E-state index contributed by atoms with van der Waals surface area (Å²) in [6.07, 6.45) is 1.83. The fraction of sp³-hybridized carbons (Fsp3) is 0.0625. The first kappa shape index (κ1) is 12.8. The van der Waals surface area contributed by atoms with Gasteiger partial charge in [-0.25, -0.2) is 0 Å². The fourth-order valence-electron chi connectivity index (χ4n) is 2.23. The number of anilines is 1. The molecule has 0 radical (unpaired) electrons. The minimum absolute atomic E-state index is 0.136. The average Bonchev–Trinajstić information content (AvgIpc) is 2.90. The van der Waals surface area contributed by atoms with Gasteiger partial charge in [-0.15, -0.1) is 0 Å². The third kappa shape index (κ3) is 2.28. The summed E-state index contributed by atoms with van der Waals surface area (Å²) < 4.78 is 0. The number of H-pyrrole nitrogens is 1. The highest BCUT2D eigenvalue weighted by Crippen LogP contribution is 2.22. The first-order valence-corrected chi connectivity index (χ1v) is 6.66. The van der Waals surface area contributed by atoms with Crippen LogP contribution in [0, 0.1) is 6.92 Å². The lowest BCUT2D eigenvalue weighted by Gasteiger charge is -2.09. The summed E-state index contributed by atoms with van der Waals surface area (Å²) in [5, 5.41) is 4.60. The molecule has 0 unspecified atom stereocenters. The molecule has 2 N–H and O–H groups in total. The van der Waals surface area contributed by atoms with Crippen LogP contribution in [-0.2, 0) is 0 Å². The quantitative estimate of drug-likeness (QED) is 0.720. The van der Waals surface area contributed by atoms with Crippen LogP contribution < -0.4 is 5.32 Å². The number of para-hydroxylation sites is 1. The molecule has 0 bridgehead atoms. The van der Waals surface area contributed by atoms with Gasteiger partial charge in [0.05, 0.1) is 11.1 Å². The van der Waals surface area contributed by atoms with Crippen LogP contribution in [0.5, 0.6) is 0 Å². The fourth-order valence-corrected chi connectivity index (χ4v) is 2.46. The van der Waals surface area contributed by atoms with E-state index in [0.717, 1.165) is 22.2 Å². The number of hydrogen-bond acceptors (Lipinski definition) is 1. The predicted octanol–water partition coefficient (Wildman–Crippen LogP) is 4.38. The van der Waals surface area contributed by atoms with E-state index in [1.54, 1.807) is 12.1 Å². The zero-order valence-corrected chi connectivity index (χ0v) is 11.7. The Morgan fingerprint density at radius 2 is 2.05 bits per heavy atom. The number of benzene rings is 2. The van der Waals surface area contributed by atoms with E-state index in [9.17, 15) is 4.79 Å². The molecule has 0 aliphatic heterocycles. The van der Waals surface area contributed by atoms with Gasteiger partial charge >= 0.3 is 0 Å². The summed E-state index contributed by atoms with van der Waals surface area (Å²) in [7, 11) is 0. The summed E-state index contributed by atoms with van der Waals surface area (Å²) in [5.41, 5.74) is 3.17. The molecule has 1 amide bonds. The molecular weight excluding hydrogens is 272 g/mol. The van der Waals surface area contributed by atoms with Crippen LogP contribution in [0.4, 0.5) is 5.69 Å². The third-order valence-corrected chi connectivity index (χ3v) is 3.50. The standard InChI is InChI=1S/C16H13ClN2O/c1-10-9-12(17)5-6-14(10)19-16(20)13-4-2-3-11-7-8-18-15(11)13/h2-9,18H,1H3,(H,19,20). The maximum atomic E-state index is 12.4. The van der Waals surface area contributed by atoms with Crippen LogP contribution in [0.15, 0.2) is 48.7 Å². The van der Waals surface area contributed by atoms with Gasteiger partial charge in [0.1, 0.15) is 0 Å². The number of fused-ring (bicyclic) bond motifs is 1. The first-order chi connectivity index (χ1) is 9.65. The molecule has 3 nitrogen and oxygen atoms in total. The number of carbonyl (C=O) groups is 1. The number of rotatable bonds is 2. The molecule has 2 aromatic carbocycles. The maximum absolute atomic E-state index is 12.4. The smallest absolute Gasteiger partial charge is 0.257 e. The van der Waals surface area contributed by atoms with Crippen LogP contribution in [0.25, 0.3) is 10.9 Å². The van der Waals surface area contributed by atoms with Gasteiger partial charge in [-0.2, -0.15) is 0 Å². The van der Waals surface area contributed by atoms with E-state index in [2.05, 4.69) is 10.3 Å². The Kier molecular flexibility index (Phi) is 3.20.